The Morgan fingerprint density at radius 2 is 1.56 bits per heavy atom. The second-order valence-electron chi connectivity index (χ2n) is 10.8. The number of hydrogen-bond donors (Lipinski definition) is 4. The van der Waals surface area contributed by atoms with Crippen LogP contribution in [0.1, 0.15) is 47.1 Å². The van der Waals surface area contributed by atoms with E-state index < -0.39 is 61.5 Å². The number of rotatable bonds is 13. The number of benzene rings is 2. The summed E-state index contributed by atoms with van der Waals surface area (Å²) in [4.78, 5) is 50.9. The molecule has 2 rings (SSSR count). The maximum Gasteiger partial charge on any atom is 0.325 e. The van der Waals surface area contributed by atoms with E-state index in [2.05, 4.69) is 10.3 Å². The maximum atomic E-state index is 13.3. The quantitative estimate of drug-likeness (QED) is 0.116. The molecule has 11 nitrogen and oxygen atoms in total. The molecule has 0 aliphatic carbocycles. The van der Waals surface area contributed by atoms with Gasteiger partial charge in [-0.25, -0.2) is 4.99 Å². The lowest BCUT2D eigenvalue weighted by Crippen LogP contribution is -2.43. The number of carbonyl (C=O) groups excluding carboxylic acids is 2. The van der Waals surface area contributed by atoms with Crippen LogP contribution in [-0.4, -0.2) is 63.3 Å². The second-order valence-corrected chi connectivity index (χ2v) is 13.2. The van der Waals surface area contributed by atoms with Crippen LogP contribution in [0, 0.1) is 11.3 Å². The molecule has 4 N–H and O–H groups in total. The summed E-state index contributed by atoms with van der Waals surface area (Å²) in [6.07, 6.45) is -3.63. The van der Waals surface area contributed by atoms with Gasteiger partial charge in [0.1, 0.15) is 6.04 Å². The fourth-order valence-corrected chi connectivity index (χ4v) is 5.06. The lowest BCUT2D eigenvalue weighted by atomic mass is 9.97. The number of aliphatic imine (C=N–C) groups is 1. The number of ether oxygens (including phenoxy) is 2. The van der Waals surface area contributed by atoms with Gasteiger partial charge in [0.25, 0.3) is 6.41 Å². The van der Waals surface area contributed by atoms with Crippen molar-refractivity contribution in [2.75, 3.05) is 6.16 Å². The Bertz CT molecular complexity index is 1270. The van der Waals surface area contributed by atoms with Gasteiger partial charge in [0.05, 0.1) is 16.8 Å². The number of nitrogens with one attached hydrogen (secondary N) is 1. The minimum Gasteiger partial charge on any atom is -0.480 e. The Hall–Kier alpha value is -3.37. The van der Waals surface area contributed by atoms with Crippen LogP contribution in [0.2, 0.25) is 0 Å². The van der Waals surface area contributed by atoms with Gasteiger partial charge in [-0.3, -0.25) is 23.7 Å². The first-order valence-electron chi connectivity index (χ1n) is 13.1. The molecule has 0 saturated carbocycles. The van der Waals surface area contributed by atoms with Crippen LogP contribution >= 0.6 is 7.37 Å². The predicted molar refractivity (Wildman–Crippen MR) is 154 cm³/mol. The molecule has 2 aromatic rings. The van der Waals surface area contributed by atoms with E-state index in [1.807, 2.05) is 42.5 Å². The summed E-state index contributed by atoms with van der Waals surface area (Å²) in [5.41, 5.74) is 1.46. The third-order valence-corrected chi connectivity index (χ3v) is 8.18. The van der Waals surface area contributed by atoms with Crippen molar-refractivity contribution in [2.24, 2.45) is 16.3 Å². The van der Waals surface area contributed by atoms with Crippen LogP contribution in [0.5, 0.6) is 0 Å². The topological polar surface area (TPSA) is 172 Å². The molecule has 0 aromatic heterocycles. The maximum absolute atomic E-state index is 13.3. The van der Waals surface area contributed by atoms with Crippen molar-refractivity contribution in [3.05, 3.63) is 60.2 Å². The molecule has 5 atom stereocenters. The predicted octanol–water partition coefficient (Wildman–Crippen LogP) is 4.02. The molecule has 1 amide bonds. The van der Waals surface area contributed by atoms with Gasteiger partial charge in [-0.15, -0.1) is 0 Å². The fraction of sp³-hybridized carbons (Fsp3) is 0.448. The summed E-state index contributed by atoms with van der Waals surface area (Å²) in [7, 11) is -4.31. The standard InChI is InChI=1S/C29H39N2O9P/c1-18(26(33)34)30-25(32)24(16-21-12-14-23(15-13-21)22-10-8-7-9-11-22)17-41(37,38)19(2)31-28(36)40-20(3)39-27(35)29(4,5)6/h7-15,18,20,24,28,36H,16-17H2,1-6H3,(H,30,32)(H,33,34)(H,37,38). The largest absolute Gasteiger partial charge is 0.480 e. The van der Waals surface area contributed by atoms with Gasteiger partial charge in [0, 0.05) is 6.16 Å². The third-order valence-electron chi connectivity index (χ3n) is 6.11. The Kier molecular flexibility index (Phi) is 12.0. The van der Waals surface area contributed by atoms with E-state index >= 15 is 0 Å². The van der Waals surface area contributed by atoms with Gasteiger partial charge < -0.3 is 25.2 Å². The SMILES string of the molecule is CC(=NC(O)OC(C)OC(=O)C(C)(C)C)P(=O)(O)CC(Cc1ccc(-c2ccccc2)cc1)C(=O)NC(C)C(=O)O. The number of carboxylic acid groups (broad SMARTS) is 1. The van der Waals surface area contributed by atoms with Crippen LogP contribution in [0.4, 0.5) is 0 Å². The molecule has 224 valence electrons. The van der Waals surface area contributed by atoms with Gasteiger partial charge >= 0.3 is 11.9 Å². The number of hydrogen-bond acceptors (Lipinski definition) is 8. The molecule has 0 bridgehead atoms. The molecular weight excluding hydrogens is 551 g/mol. The van der Waals surface area contributed by atoms with Crippen molar-refractivity contribution in [2.45, 2.75) is 66.7 Å². The molecule has 0 aliphatic heterocycles. The first kappa shape index (κ1) is 33.8. The number of carbonyl (C=O) groups is 3. The van der Waals surface area contributed by atoms with E-state index in [4.69, 9.17) is 9.47 Å². The highest BCUT2D eigenvalue weighted by Gasteiger charge is 2.33. The lowest BCUT2D eigenvalue weighted by Gasteiger charge is -2.23. The average Bonchev–Trinajstić information content (AvgIpc) is 2.88. The van der Waals surface area contributed by atoms with Crippen LogP contribution in [0.3, 0.4) is 0 Å². The molecule has 0 saturated heterocycles. The van der Waals surface area contributed by atoms with Crippen molar-refractivity contribution in [3.8, 4) is 11.1 Å². The third kappa shape index (κ3) is 10.8. The zero-order valence-corrected chi connectivity index (χ0v) is 25.0. The highest BCUT2D eigenvalue weighted by molar-refractivity contribution is 7.75. The van der Waals surface area contributed by atoms with Crippen molar-refractivity contribution in [1.29, 1.82) is 0 Å². The van der Waals surface area contributed by atoms with Gasteiger partial charge in [-0.2, -0.15) is 0 Å². The van der Waals surface area contributed by atoms with Crippen molar-refractivity contribution < 1.29 is 43.5 Å². The van der Waals surface area contributed by atoms with E-state index in [-0.39, 0.29) is 11.9 Å². The van der Waals surface area contributed by atoms with Gasteiger partial charge in [-0.05, 0) is 64.7 Å². The lowest BCUT2D eigenvalue weighted by molar-refractivity contribution is -0.222. The van der Waals surface area contributed by atoms with Crippen molar-refractivity contribution >= 4 is 30.7 Å². The first-order valence-corrected chi connectivity index (χ1v) is 14.9. The molecule has 0 spiro atoms. The first-order chi connectivity index (χ1) is 19.0. The van der Waals surface area contributed by atoms with E-state index in [1.54, 1.807) is 32.9 Å². The van der Waals surface area contributed by atoms with E-state index in [0.29, 0.717) is 5.56 Å². The van der Waals surface area contributed by atoms with Gasteiger partial charge in [0.15, 0.2) is 0 Å². The Labute approximate surface area is 240 Å². The molecule has 5 unspecified atom stereocenters. The Balaban J connectivity index is 2.20. The minimum absolute atomic E-state index is 0.0456. The summed E-state index contributed by atoms with van der Waals surface area (Å²) in [6, 6.07) is 15.8. The van der Waals surface area contributed by atoms with Crippen LogP contribution in [0.15, 0.2) is 59.6 Å². The van der Waals surface area contributed by atoms with Crippen LogP contribution < -0.4 is 5.32 Å². The molecule has 41 heavy (non-hydrogen) atoms. The summed E-state index contributed by atoms with van der Waals surface area (Å²) in [5.74, 6) is -3.64. The van der Waals surface area contributed by atoms with Crippen LogP contribution in [0.25, 0.3) is 11.1 Å². The molecular formula is C29H39N2O9P. The summed E-state index contributed by atoms with van der Waals surface area (Å²) < 4.78 is 23.5. The molecule has 0 radical (unpaired) electrons. The monoisotopic (exact) mass is 590 g/mol. The summed E-state index contributed by atoms with van der Waals surface area (Å²) in [6.45, 7) is 8.79. The Morgan fingerprint density at radius 1 is 1.00 bits per heavy atom. The van der Waals surface area contributed by atoms with Gasteiger partial charge in [0.2, 0.25) is 19.6 Å². The minimum atomic E-state index is -4.31. The summed E-state index contributed by atoms with van der Waals surface area (Å²) in [5, 5.41) is 21.8. The number of esters is 1. The smallest absolute Gasteiger partial charge is 0.325 e. The highest BCUT2D eigenvalue weighted by atomic mass is 31.2. The number of carboxylic acids is 1. The van der Waals surface area contributed by atoms with Gasteiger partial charge in [-0.1, -0.05) is 54.6 Å². The van der Waals surface area contributed by atoms with E-state index in [0.717, 1.165) is 11.1 Å². The molecule has 0 fully saturated rings. The Morgan fingerprint density at radius 3 is 2.10 bits per heavy atom. The number of aliphatic hydroxyl groups is 1. The van der Waals surface area contributed by atoms with E-state index in [1.165, 1.54) is 20.8 Å². The normalized spacial score (nSPS) is 16.5. The highest BCUT2D eigenvalue weighted by Crippen LogP contribution is 2.45. The summed E-state index contributed by atoms with van der Waals surface area (Å²) >= 11 is 0. The van der Waals surface area contributed by atoms with Crippen LogP contribution in [-0.2, 0) is 34.8 Å². The number of nitrogens with zero attached hydrogens (tertiary/aromatic N) is 1. The van der Waals surface area contributed by atoms with Crippen molar-refractivity contribution in [3.63, 3.8) is 0 Å². The zero-order valence-electron chi connectivity index (χ0n) is 24.1. The molecule has 2 aromatic carbocycles. The zero-order chi connectivity index (χ0) is 31.0. The van der Waals surface area contributed by atoms with Crippen molar-refractivity contribution in [1.82, 2.24) is 5.32 Å². The molecule has 0 heterocycles. The second kappa shape index (κ2) is 14.5. The van der Waals surface area contributed by atoms with E-state index in [9.17, 15) is 34.1 Å². The number of amides is 1. The molecule has 12 heteroatoms. The number of aliphatic hydroxyl groups excluding tert-OH is 1. The average molecular weight is 591 g/mol. The fourth-order valence-electron chi connectivity index (χ4n) is 3.62. The number of aliphatic carboxylic acids is 1. The molecule has 0 aliphatic rings.